The standard InChI is InChI=1S/C12H17N3O3/c1-3-18-12(17)7(2)15-10-6-8(11(14)16)4-5-9(10)13/h4-7,15H,3,13H2,1-2H3,(H2,14,16). The monoisotopic (exact) mass is 251 g/mol. The average Bonchev–Trinajstić information content (AvgIpc) is 2.31. The Bertz CT molecular complexity index is 460. The first kappa shape index (κ1) is 13.8. The first-order valence-corrected chi connectivity index (χ1v) is 5.58. The smallest absolute Gasteiger partial charge is 0.328 e. The van der Waals surface area contributed by atoms with Crippen molar-refractivity contribution in [2.24, 2.45) is 5.73 Å². The number of nitrogen functional groups attached to an aromatic ring is 1. The van der Waals surface area contributed by atoms with Gasteiger partial charge in [-0.05, 0) is 32.0 Å². The van der Waals surface area contributed by atoms with E-state index in [2.05, 4.69) is 5.32 Å². The van der Waals surface area contributed by atoms with Gasteiger partial charge in [0.2, 0.25) is 5.91 Å². The molecular weight excluding hydrogens is 234 g/mol. The highest BCUT2D eigenvalue weighted by Gasteiger charge is 2.15. The number of hydrogen-bond donors (Lipinski definition) is 3. The molecule has 0 radical (unpaired) electrons. The van der Waals surface area contributed by atoms with Crippen LogP contribution >= 0.6 is 0 Å². The maximum absolute atomic E-state index is 11.5. The zero-order valence-corrected chi connectivity index (χ0v) is 10.4. The van der Waals surface area contributed by atoms with Crippen molar-refractivity contribution >= 4 is 23.3 Å². The second kappa shape index (κ2) is 5.90. The van der Waals surface area contributed by atoms with Crippen LogP contribution in [0.3, 0.4) is 0 Å². The van der Waals surface area contributed by atoms with E-state index in [0.717, 1.165) is 0 Å². The minimum Gasteiger partial charge on any atom is -0.464 e. The van der Waals surface area contributed by atoms with Crippen molar-refractivity contribution in [2.45, 2.75) is 19.9 Å². The van der Waals surface area contributed by atoms with E-state index in [9.17, 15) is 9.59 Å². The van der Waals surface area contributed by atoms with E-state index in [1.54, 1.807) is 19.9 Å². The quantitative estimate of drug-likeness (QED) is 0.528. The third-order valence-electron chi connectivity index (χ3n) is 2.35. The molecule has 0 aliphatic heterocycles. The summed E-state index contributed by atoms with van der Waals surface area (Å²) in [5, 5.41) is 2.88. The van der Waals surface area contributed by atoms with E-state index in [4.69, 9.17) is 16.2 Å². The summed E-state index contributed by atoms with van der Waals surface area (Å²) in [4.78, 5) is 22.5. The molecule has 6 heteroatoms. The van der Waals surface area contributed by atoms with Gasteiger partial charge >= 0.3 is 5.97 Å². The number of benzene rings is 1. The number of carbonyl (C=O) groups excluding carboxylic acids is 2. The molecule has 0 aromatic heterocycles. The summed E-state index contributed by atoms with van der Waals surface area (Å²) in [6.07, 6.45) is 0. The second-order valence-corrected chi connectivity index (χ2v) is 3.78. The molecule has 0 saturated carbocycles. The van der Waals surface area contributed by atoms with E-state index >= 15 is 0 Å². The molecule has 0 aliphatic carbocycles. The lowest BCUT2D eigenvalue weighted by atomic mass is 10.1. The highest BCUT2D eigenvalue weighted by molar-refractivity contribution is 5.95. The van der Waals surface area contributed by atoms with E-state index in [-0.39, 0.29) is 5.97 Å². The van der Waals surface area contributed by atoms with Crippen LogP contribution in [0.2, 0.25) is 0 Å². The molecule has 0 fully saturated rings. The van der Waals surface area contributed by atoms with E-state index in [1.807, 2.05) is 0 Å². The number of amides is 1. The molecule has 18 heavy (non-hydrogen) atoms. The molecular formula is C12H17N3O3. The van der Waals surface area contributed by atoms with Crippen molar-refractivity contribution in [3.8, 4) is 0 Å². The van der Waals surface area contributed by atoms with Crippen molar-refractivity contribution < 1.29 is 14.3 Å². The SMILES string of the molecule is CCOC(=O)C(C)Nc1cc(C(N)=O)ccc1N. The fourth-order valence-corrected chi connectivity index (χ4v) is 1.39. The van der Waals surface area contributed by atoms with Gasteiger partial charge in [-0.1, -0.05) is 0 Å². The van der Waals surface area contributed by atoms with Gasteiger partial charge in [0, 0.05) is 5.56 Å². The minimum atomic E-state index is -0.560. The van der Waals surface area contributed by atoms with E-state index in [0.29, 0.717) is 23.5 Å². The lowest BCUT2D eigenvalue weighted by Crippen LogP contribution is -2.28. The molecule has 1 atom stereocenters. The molecule has 0 heterocycles. The van der Waals surface area contributed by atoms with Gasteiger partial charge in [-0.2, -0.15) is 0 Å². The highest BCUT2D eigenvalue weighted by atomic mass is 16.5. The number of esters is 1. The molecule has 0 aliphatic rings. The Balaban J connectivity index is 2.86. The molecule has 1 amide bonds. The summed E-state index contributed by atoms with van der Waals surface area (Å²) >= 11 is 0. The molecule has 98 valence electrons. The van der Waals surface area contributed by atoms with Crippen molar-refractivity contribution in [1.82, 2.24) is 0 Å². The van der Waals surface area contributed by atoms with Gasteiger partial charge < -0.3 is 21.5 Å². The molecule has 1 aromatic carbocycles. The molecule has 6 nitrogen and oxygen atoms in total. The number of ether oxygens (including phenoxy) is 1. The fraction of sp³-hybridized carbons (Fsp3) is 0.333. The first-order chi connectivity index (χ1) is 8.45. The summed E-state index contributed by atoms with van der Waals surface area (Å²) in [5.41, 5.74) is 12.1. The topological polar surface area (TPSA) is 107 Å². The molecule has 0 spiro atoms. The maximum Gasteiger partial charge on any atom is 0.328 e. The average molecular weight is 251 g/mol. The number of nitrogens with one attached hydrogen (secondary N) is 1. The predicted octanol–water partition coefficient (Wildman–Crippen LogP) is 0.731. The van der Waals surface area contributed by atoms with Crippen molar-refractivity contribution in [3.05, 3.63) is 23.8 Å². The van der Waals surface area contributed by atoms with Crippen molar-refractivity contribution in [3.63, 3.8) is 0 Å². The molecule has 1 rings (SSSR count). The molecule has 1 unspecified atom stereocenters. The normalized spacial score (nSPS) is 11.7. The Morgan fingerprint density at radius 2 is 2.11 bits per heavy atom. The van der Waals surface area contributed by atoms with Gasteiger partial charge in [0.25, 0.3) is 0 Å². The number of hydrogen-bond acceptors (Lipinski definition) is 5. The third kappa shape index (κ3) is 3.38. The van der Waals surface area contributed by atoms with Crippen LogP contribution in [0.15, 0.2) is 18.2 Å². The van der Waals surface area contributed by atoms with Crippen LogP contribution in [0.4, 0.5) is 11.4 Å². The van der Waals surface area contributed by atoms with Gasteiger partial charge in [-0.15, -0.1) is 0 Å². The Kier molecular flexibility index (Phi) is 4.53. The van der Waals surface area contributed by atoms with Crippen LogP contribution in [-0.4, -0.2) is 24.5 Å². The lowest BCUT2D eigenvalue weighted by molar-refractivity contribution is -0.143. The Labute approximate surface area is 105 Å². The van der Waals surface area contributed by atoms with Crippen LogP contribution in [0, 0.1) is 0 Å². The summed E-state index contributed by atoms with van der Waals surface area (Å²) in [7, 11) is 0. The highest BCUT2D eigenvalue weighted by Crippen LogP contribution is 2.20. The van der Waals surface area contributed by atoms with Crippen molar-refractivity contribution in [2.75, 3.05) is 17.7 Å². The van der Waals surface area contributed by atoms with Crippen LogP contribution in [-0.2, 0) is 9.53 Å². The number of nitrogens with two attached hydrogens (primary N) is 2. The fourth-order valence-electron chi connectivity index (χ4n) is 1.39. The van der Waals surface area contributed by atoms with Gasteiger partial charge in [-0.25, -0.2) is 4.79 Å². The Hall–Kier alpha value is -2.24. The van der Waals surface area contributed by atoms with Gasteiger partial charge in [-0.3, -0.25) is 4.79 Å². The Morgan fingerprint density at radius 1 is 1.44 bits per heavy atom. The largest absolute Gasteiger partial charge is 0.464 e. The Morgan fingerprint density at radius 3 is 2.67 bits per heavy atom. The van der Waals surface area contributed by atoms with Gasteiger partial charge in [0.1, 0.15) is 6.04 Å². The van der Waals surface area contributed by atoms with Crippen LogP contribution in [0.5, 0.6) is 0 Å². The maximum atomic E-state index is 11.5. The van der Waals surface area contributed by atoms with Gasteiger partial charge in [0.05, 0.1) is 18.0 Å². The van der Waals surface area contributed by atoms with Crippen LogP contribution < -0.4 is 16.8 Å². The molecule has 1 aromatic rings. The lowest BCUT2D eigenvalue weighted by Gasteiger charge is -2.16. The number of rotatable bonds is 5. The van der Waals surface area contributed by atoms with Crippen molar-refractivity contribution in [1.29, 1.82) is 0 Å². The zero-order valence-electron chi connectivity index (χ0n) is 10.4. The number of primary amides is 1. The van der Waals surface area contributed by atoms with Crippen LogP contribution in [0.25, 0.3) is 0 Å². The predicted molar refractivity (Wildman–Crippen MR) is 69.1 cm³/mol. The van der Waals surface area contributed by atoms with Gasteiger partial charge in [0.15, 0.2) is 0 Å². The van der Waals surface area contributed by atoms with E-state index in [1.165, 1.54) is 12.1 Å². The summed E-state index contributed by atoms with van der Waals surface area (Å²) < 4.78 is 4.86. The number of carbonyl (C=O) groups is 2. The van der Waals surface area contributed by atoms with Crippen LogP contribution in [0.1, 0.15) is 24.2 Å². The molecule has 0 bridgehead atoms. The number of anilines is 2. The summed E-state index contributed by atoms with van der Waals surface area (Å²) in [6, 6.07) is 4.03. The molecule has 0 saturated heterocycles. The third-order valence-corrected chi connectivity index (χ3v) is 2.35. The second-order valence-electron chi connectivity index (χ2n) is 3.78. The summed E-state index contributed by atoms with van der Waals surface area (Å²) in [6.45, 7) is 3.68. The zero-order chi connectivity index (χ0) is 13.7. The first-order valence-electron chi connectivity index (χ1n) is 5.58. The summed E-state index contributed by atoms with van der Waals surface area (Å²) in [5.74, 6) is -0.941. The molecule has 5 N–H and O–H groups in total. The van der Waals surface area contributed by atoms with E-state index < -0.39 is 11.9 Å². The minimum absolute atomic E-state index is 0.307.